The van der Waals surface area contributed by atoms with Gasteiger partial charge >= 0.3 is 11.7 Å². The van der Waals surface area contributed by atoms with E-state index in [1.165, 1.54) is 25.9 Å². The summed E-state index contributed by atoms with van der Waals surface area (Å²) in [5.74, 6) is -1.67. The van der Waals surface area contributed by atoms with Gasteiger partial charge in [0.2, 0.25) is 5.78 Å². The molecule has 2 aromatic carbocycles. The van der Waals surface area contributed by atoms with E-state index in [2.05, 4.69) is 15.9 Å². The molecular formula is C20H18BrN3O5S. The molecule has 2 N–H and O–H groups in total. The quantitative estimate of drug-likeness (QED) is 0.319. The summed E-state index contributed by atoms with van der Waals surface area (Å²) in [5.41, 5.74) is 3.88. The first-order valence-corrected chi connectivity index (χ1v) is 10.5. The number of carbonyl (C=O) groups is 2. The van der Waals surface area contributed by atoms with Crippen LogP contribution in [0.5, 0.6) is 0 Å². The third-order valence-electron chi connectivity index (χ3n) is 4.53. The fourth-order valence-corrected chi connectivity index (χ4v) is 4.44. The Morgan fingerprint density at radius 2 is 1.80 bits per heavy atom. The van der Waals surface area contributed by atoms with Crippen LogP contribution in [0, 0.1) is 0 Å². The molecule has 3 aromatic rings. The van der Waals surface area contributed by atoms with Crippen LogP contribution < -0.4 is 17.0 Å². The van der Waals surface area contributed by atoms with Crippen LogP contribution in [-0.4, -0.2) is 33.2 Å². The van der Waals surface area contributed by atoms with Gasteiger partial charge in [-0.1, -0.05) is 30.3 Å². The number of thioether (sulfide) groups is 1. The van der Waals surface area contributed by atoms with Crippen molar-refractivity contribution in [3.63, 3.8) is 0 Å². The summed E-state index contributed by atoms with van der Waals surface area (Å²) >= 11 is 4.82. The van der Waals surface area contributed by atoms with Crippen molar-refractivity contribution in [3.8, 4) is 0 Å². The minimum Gasteiger partial charge on any atom is -0.457 e. The normalized spacial score (nSPS) is 10.9. The smallest absolute Gasteiger partial charge is 0.332 e. The summed E-state index contributed by atoms with van der Waals surface area (Å²) in [6, 6.07) is 11.7. The molecule has 1 heterocycles. The molecule has 30 heavy (non-hydrogen) atoms. The van der Waals surface area contributed by atoms with Crippen molar-refractivity contribution < 1.29 is 14.3 Å². The number of nitrogen functional groups attached to an aromatic ring is 1. The van der Waals surface area contributed by atoms with Crippen molar-refractivity contribution in [1.82, 2.24) is 9.13 Å². The molecule has 0 aliphatic rings. The van der Waals surface area contributed by atoms with Crippen LogP contribution in [0.25, 0.3) is 10.8 Å². The van der Waals surface area contributed by atoms with Crippen LogP contribution in [0.4, 0.5) is 5.82 Å². The van der Waals surface area contributed by atoms with E-state index in [-0.39, 0.29) is 17.1 Å². The standard InChI is InChI=1S/C20H18BrN3O5S/c1-23-18(22)16(19(27)24(2)20(23)28)13(25)9-29-15(26)10-30-14-8-7-11-5-3-4-6-12(11)17(14)21/h3-8H,9-10,22H2,1-2H3. The second-order valence-electron chi connectivity index (χ2n) is 6.44. The second kappa shape index (κ2) is 8.88. The van der Waals surface area contributed by atoms with Gasteiger partial charge in [0.1, 0.15) is 11.4 Å². The molecular weight excluding hydrogens is 474 g/mol. The Bertz CT molecular complexity index is 1280. The lowest BCUT2D eigenvalue weighted by atomic mass is 10.1. The van der Waals surface area contributed by atoms with Crippen LogP contribution >= 0.6 is 27.7 Å². The largest absolute Gasteiger partial charge is 0.457 e. The van der Waals surface area contributed by atoms with Gasteiger partial charge in [0.15, 0.2) is 6.61 Å². The zero-order valence-corrected chi connectivity index (χ0v) is 18.6. The Balaban J connectivity index is 1.66. The third-order valence-corrected chi connectivity index (χ3v) is 6.67. The summed E-state index contributed by atoms with van der Waals surface area (Å²) < 4.78 is 7.65. The number of aromatic nitrogens is 2. The zero-order chi connectivity index (χ0) is 22.0. The zero-order valence-electron chi connectivity index (χ0n) is 16.2. The highest BCUT2D eigenvalue weighted by atomic mass is 79.9. The fraction of sp³-hybridized carbons (Fsp3) is 0.200. The maximum Gasteiger partial charge on any atom is 0.332 e. The number of hydrogen-bond donors (Lipinski definition) is 1. The Kier molecular flexibility index (Phi) is 6.47. The van der Waals surface area contributed by atoms with Gasteiger partial charge in [0, 0.05) is 23.5 Å². The first-order valence-electron chi connectivity index (χ1n) is 8.76. The van der Waals surface area contributed by atoms with E-state index >= 15 is 0 Å². The highest BCUT2D eigenvalue weighted by molar-refractivity contribution is 9.10. The van der Waals surface area contributed by atoms with E-state index < -0.39 is 29.6 Å². The number of nitrogens with two attached hydrogens (primary N) is 1. The van der Waals surface area contributed by atoms with Crippen molar-refractivity contribution in [1.29, 1.82) is 0 Å². The second-order valence-corrected chi connectivity index (χ2v) is 8.25. The number of nitrogens with zero attached hydrogens (tertiary/aromatic N) is 2. The average Bonchev–Trinajstić information content (AvgIpc) is 2.74. The van der Waals surface area contributed by atoms with Crippen molar-refractivity contribution in [3.05, 3.63) is 67.3 Å². The Hall–Kier alpha value is -2.85. The molecule has 1 aromatic heterocycles. The molecule has 10 heteroatoms. The minimum atomic E-state index is -0.828. The van der Waals surface area contributed by atoms with E-state index in [9.17, 15) is 19.2 Å². The van der Waals surface area contributed by atoms with Crippen molar-refractivity contribution in [2.75, 3.05) is 18.1 Å². The van der Waals surface area contributed by atoms with Crippen LogP contribution in [0.1, 0.15) is 10.4 Å². The van der Waals surface area contributed by atoms with Crippen LogP contribution in [0.2, 0.25) is 0 Å². The summed E-state index contributed by atoms with van der Waals surface area (Å²) in [6.07, 6.45) is 0. The molecule has 0 aliphatic heterocycles. The first kappa shape index (κ1) is 21.8. The lowest BCUT2D eigenvalue weighted by Gasteiger charge is -2.11. The number of anilines is 1. The SMILES string of the molecule is Cn1c(N)c(C(=O)COC(=O)CSc2ccc3ccccc3c2Br)c(=O)n(C)c1=O. The number of ether oxygens (including phenoxy) is 1. The average molecular weight is 492 g/mol. The monoisotopic (exact) mass is 491 g/mol. The first-order chi connectivity index (χ1) is 14.2. The fourth-order valence-electron chi connectivity index (χ4n) is 2.84. The predicted molar refractivity (Wildman–Crippen MR) is 119 cm³/mol. The molecule has 0 amide bonds. The van der Waals surface area contributed by atoms with Gasteiger partial charge < -0.3 is 10.5 Å². The summed E-state index contributed by atoms with van der Waals surface area (Å²) in [4.78, 5) is 49.4. The van der Waals surface area contributed by atoms with Crippen molar-refractivity contribution in [2.45, 2.75) is 4.90 Å². The highest BCUT2D eigenvalue weighted by Crippen LogP contribution is 2.34. The predicted octanol–water partition coefficient (Wildman–Crippen LogP) is 2.10. The molecule has 0 saturated carbocycles. The van der Waals surface area contributed by atoms with E-state index in [1.807, 2.05) is 36.4 Å². The molecule has 0 fully saturated rings. The molecule has 0 aliphatic carbocycles. The number of halogens is 1. The summed E-state index contributed by atoms with van der Waals surface area (Å²) in [5, 5.41) is 2.09. The van der Waals surface area contributed by atoms with Gasteiger partial charge in [-0.15, -0.1) is 11.8 Å². The molecule has 0 saturated heterocycles. The van der Waals surface area contributed by atoms with Crippen LogP contribution in [-0.2, 0) is 23.6 Å². The van der Waals surface area contributed by atoms with Gasteiger partial charge in [-0.2, -0.15) is 0 Å². The molecule has 3 rings (SSSR count). The van der Waals surface area contributed by atoms with Crippen LogP contribution in [0.3, 0.4) is 0 Å². The number of rotatable bonds is 6. The number of hydrogen-bond acceptors (Lipinski definition) is 7. The van der Waals surface area contributed by atoms with Gasteiger partial charge in [-0.25, -0.2) is 4.79 Å². The van der Waals surface area contributed by atoms with Gasteiger partial charge in [-0.05, 0) is 32.8 Å². The Morgan fingerprint density at radius 1 is 1.10 bits per heavy atom. The molecule has 0 bridgehead atoms. The van der Waals surface area contributed by atoms with Gasteiger partial charge in [-0.3, -0.25) is 23.5 Å². The number of ketones is 1. The lowest BCUT2D eigenvalue weighted by molar-refractivity contribution is -0.139. The highest BCUT2D eigenvalue weighted by Gasteiger charge is 2.21. The molecule has 156 valence electrons. The molecule has 0 atom stereocenters. The lowest BCUT2D eigenvalue weighted by Crippen LogP contribution is -2.42. The molecule has 0 radical (unpaired) electrons. The van der Waals surface area contributed by atoms with E-state index in [1.54, 1.807) is 0 Å². The third kappa shape index (κ3) is 4.19. The number of benzene rings is 2. The number of fused-ring (bicyclic) bond motifs is 1. The maximum atomic E-state index is 12.4. The summed E-state index contributed by atoms with van der Waals surface area (Å²) in [7, 11) is 2.59. The Labute approximate surface area is 183 Å². The number of carbonyl (C=O) groups excluding carboxylic acids is 2. The van der Waals surface area contributed by atoms with Gasteiger partial charge in [0.05, 0.1) is 5.75 Å². The van der Waals surface area contributed by atoms with Crippen molar-refractivity contribution in [2.24, 2.45) is 14.1 Å². The number of esters is 1. The van der Waals surface area contributed by atoms with Crippen molar-refractivity contribution >= 4 is 56.0 Å². The van der Waals surface area contributed by atoms with Crippen LogP contribution in [0.15, 0.2) is 55.4 Å². The van der Waals surface area contributed by atoms with E-state index in [0.717, 1.165) is 29.3 Å². The molecule has 8 nitrogen and oxygen atoms in total. The minimum absolute atomic E-state index is 0.0228. The molecule has 0 spiro atoms. The topological polar surface area (TPSA) is 113 Å². The Morgan fingerprint density at radius 3 is 2.53 bits per heavy atom. The number of Topliss-reactive ketones (excluding diaryl/α,β-unsaturated/α-hetero) is 1. The summed E-state index contributed by atoms with van der Waals surface area (Å²) in [6.45, 7) is -0.643. The van der Waals surface area contributed by atoms with Gasteiger partial charge in [0.25, 0.3) is 5.56 Å². The maximum absolute atomic E-state index is 12.4. The van der Waals surface area contributed by atoms with E-state index in [4.69, 9.17) is 10.5 Å². The van der Waals surface area contributed by atoms with E-state index in [0.29, 0.717) is 0 Å². The molecule has 0 unspecified atom stereocenters.